The van der Waals surface area contributed by atoms with Crippen LogP contribution in [0.5, 0.6) is 0 Å². The van der Waals surface area contributed by atoms with Gasteiger partial charge in [0.05, 0.1) is 16.4 Å². The fourth-order valence-corrected chi connectivity index (χ4v) is 2.35. The van der Waals surface area contributed by atoms with Crippen LogP contribution in [0.1, 0.15) is 12.5 Å². The summed E-state index contributed by atoms with van der Waals surface area (Å²) in [6.07, 6.45) is 0. The number of para-hydroxylation sites is 1. The first-order chi connectivity index (χ1) is 10.2. The maximum atomic E-state index is 6.10. The van der Waals surface area contributed by atoms with Gasteiger partial charge < -0.3 is 0 Å². The molecule has 0 aliphatic heterocycles. The topological polar surface area (TPSA) is 24.4 Å². The molecule has 0 heterocycles. The smallest absolute Gasteiger partial charge is 0.0748 e. The number of hydrogen-bond donors (Lipinski definition) is 1. The lowest BCUT2D eigenvalue weighted by Crippen LogP contribution is -2.00. The molecule has 3 aromatic carbocycles. The first-order valence-corrected chi connectivity index (χ1v) is 7.16. The van der Waals surface area contributed by atoms with Gasteiger partial charge in [-0.1, -0.05) is 60.1 Å². The summed E-state index contributed by atoms with van der Waals surface area (Å²) in [6, 6.07) is 22.2. The number of benzene rings is 3. The number of halogens is 1. The minimum absolute atomic E-state index is 0.660. The molecule has 0 atom stereocenters. The highest BCUT2D eigenvalue weighted by Gasteiger charge is 2.01. The van der Waals surface area contributed by atoms with E-state index in [9.17, 15) is 0 Å². The molecule has 0 aliphatic rings. The summed E-state index contributed by atoms with van der Waals surface area (Å²) in [5, 5.41) is 7.51. The van der Waals surface area contributed by atoms with Crippen LogP contribution >= 0.6 is 11.6 Å². The maximum Gasteiger partial charge on any atom is 0.0748 e. The quantitative estimate of drug-likeness (QED) is 0.512. The third-order valence-corrected chi connectivity index (χ3v) is 3.71. The van der Waals surface area contributed by atoms with Gasteiger partial charge in [-0.15, -0.1) is 0 Å². The molecule has 0 aliphatic carbocycles. The average molecular weight is 295 g/mol. The van der Waals surface area contributed by atoms with Crippen molar-refractivity contribution in [2.75, 3.05) is 5.43 Å². The van der Waals surface area contributed by atoms with E-state index in [1.165, 1.54) is 10.8 Å². The van der Waals surface area contributed by atoms with E-state index in [0.29, 0.717) is 5.02 Å². The molecular formula is C18H15ClN2. The number of anilines is 1. The minimum atomic E-state index is 0.660. The molecule has 21 heavy (non-hydrogen) atoms. The van der Waals surface area contributed by atoms with Gasteiger partial charge in [0.1, 0.15) is 0 Å². The average Bonchev–Trinajstić information content (AvgIpc) is 2.53. The molecule has 0 bridgehead atoms. The monoisotopic (exact) mass is 294 g/mol. The lowest BCUT2D eigenvalue weighted by Gasteiger charge is -2.06. The Morgan fingerprint density at radius 3 is 2.43 bits per heavy atom. The van der Waals surface area contributed by atoms with Crippen LogP contribution in [0.2, 0.25) is 5.02 Å². The third kappa shape index (κ3) is 3.06. The van der Waals surface area contributed by atoms with E-state index in [4.69, 9.17) is 11.6 Å². The Morgan fingerprint density at radius 2 is 1.62 bits per heavy atom. The van der Waals surface area contributed by atoms with Crippen molar-refractivity contribution >= 4 is 33.8 Å². The Kier molecular flexibility index (Phi) is 3.89. The van der Waals surface area contributed by atoms with Crippen molar-refractivity contribution in [3.8, 4) is 0 Å². The molecule has 3 rings (SSSR count). The van der Waals surface area contributed by atoms with E-state index < -0.39 is 0 Å². The highest BCUT2D eigenvalue weighted by molar-refractivity contribution is 6.33. The summed E-state index contributed by atoms with van der Waals surface area (Å²) < 4.78 is 0. The van der Waals surface area contributed by atoms with E-state index >= 15 is 0 Å². The van der Waals surface area contributed by atoms with Gasteiger partial charge in [0.15, 0.2) is 0 Å². The first-order valence-electron chi connectivity index (χ1n) is 6.78. The summed E-state index contributed by atoms with van der Waals surface area (Å²) in [7, 11) is 0. The van der Waals surface area contributed by atoms with Crippen LogP contribution in [0.25, 0.3) is 10.8 Å². The SMILES string of the molecule is CC(=NNc1ccccc1Cl)c1ccc2ccccc2c1. The summed E-state index contributed by atoms with van der Waals surface area (Å²) in [6.45, 7) is 1.98. The second-order valence-corrected chi connectivity index (χ2v) is 5.26. The highest BCUT2D eigenvalue weighted by Crippen LogP contribution is 2.21. The van der Waals surface area contributed by atoms with Crippen LogP contribution in [-0.2, 0) is 0 Å². The van der Waals surface area contributed by atoms with Gasteiger partial charge in [0.25, 0.3) is 0 Å². The van der Waals surface area contributed by atoms with Crippen LogP contribution in [0, 0.1) is 0 Å². The van der Waals surface area contributed by atoms with Gasteiger partial charge in [-0.25, -0.2) is 0 Å². The predicted molar refractivity (Wildman–Crippen MR) is 91.2 cm³/mol. The van der Waals surface area contributed by atoms with Gasteiger partial charge in [0.2, 0.25) is 0 Å². The van der Waals surface area contributed by atoms with Crippen LogP contribution in [0.15, 0.2) is 71.8 Å². The number of nitrogens with one attached hydrogen (secondary N) is 1. The Balaban J connectivity index is 1.87. The van der Waals surface area contributed by atoms with Gasteiger partial charge in [-0.2, -0.15) is 5.10 Å². The van der Waals surface area contributed by atoms with Crippen molar-refractivity contribution in [3.05, 3.63) is 77.3 Å². The summed E-state index contributed by atoms with van der Waals surface area (Å²) in [5.74, 6) is 0. The molecule has 0 amide bonds. The second-order valence-electron chi connectivity index (χ2n) is 4.85. The van der Waals surface area contributed by atoms with Crippen LogP contribution in [0.3, 0.4) is 0 Å². The molecular weight excluding hydrogens is 280 g/mol. The molecule has 0 spiro atoms. The minimum Gasteiger partial charge on any atom is -0.277 e. The molecule has 0 saturated carbocycles. The zero-order valence-electron chi connectivity index (χ0n) is 11.7. The van der Waals surface area contributed by atoms with E-state index in [-0.39, 0.29) is 0 Å². The first kappa shape index (κ1) is 13.7. The van der Waals surface area contributed by atoms with Gasteiger partial charge in [0, 0.05) is 0 Å². The maximum absolute atomic E-state index is 6.10. The van der Waals surface area contributed by atoms with Crippen molar-refractivity contribution in [2.45, 2.75) is 6.92 Å². The number of rotatable bonds is 3. The Hall–Kier alpha value is -2.32. The van der Waals surface area contributed by atoms with Gasteiger partial charge >= 0.3 is 0 Å². The fourth-order valence-electron chi connectivity index (χ4n) is 2.17. The van der Waals surface area contributed by atoms with Crippen molar-refractivity contribution in [1.29, 1.82) is 0 Å². The van der Waals surface area contributed by atoms with Gasteiger partial charge in [-0.3, -0.25) is 5.43 Å². The Morgan fingerprint density at radius 1 is 0.905 bits per heavy atom. The summed E-state index contributed by atoms with van der Waals surface area (Å²) in [4.78, 5) is 0. The van der Waals surface area contributed by atoms with Crippen LogP contribution in [0.4, 0.5) is 5.69 Å². The number of hydrogen-bond acceptors (Lipinski definition) is 2. The largest absolute Gasteiger partial charge is 0.277 e. The zero-order chi connectivity index (χ0) is 14.7. The molecule has 104 valence electrons. The fraction of sp³-hybridized carbons (Fsp3) is 0.0556. The number of fused-ring (bicyclic) bond motifs is 1. The Labute approximate surface area is 129 Å². The van der Waals surface area contributed by atoms with Gasteiger partial charge in [-0.05, 0) is 41.5 Å². The van der Waals surface area contributed by atoms with Crippen LogP contribution in [-0.4, -0.2) is 5.71 Å². The lowest BCUT2D eigenvalue weighted by molar-refractivity contribution is 1.32. The van der Waals surface area contributed by atoms with E-state index in [1.54, 1.807) is 0 Å². The lowest BCUT2D eigenvalue weighted by atomic mass is 10.0. The number of hydrazone groups is 1. The summed E-state index contributed by atoms with van der Waals surface area (Å²) >= 11 is 6.10. The van der Waals surface area contributed by atoms with Crippen molar-refractivity contribution in [1.82, 2.24) is 0 Å². The molecule has 2 nitrogen and oxygen atoms in total. The Bertz CT molecular complexity index is 809. The van der Waals surface area contributed by atoms with Crippen molar-refractivity contribution < 1.29 is 0 Å². The molecule has 0 unspecified atom stereocenters. The molecule has 0 fully saturated rings. The molecule has 0 radical (unpaired) electrons. The standard InChI is InChI=1S/C18H15ClN2/c1-13(20-21-18-9-5-4-8-17(18)19)15-11-10-14-6-2-3-7-16(14)12-15/h2-12,21H,1H3. The molecule has 0 aromatic heterocycles. The normalized spacial score (nSPS) is 11.6. The van der Waals surface area contributed by atoms with E-state index in [0.717, 1.165) is 17.0 Å². The molecule has 1 N–H and O–H groups in total. The molecule has 0 saturated heterocycles. The number of nitrogens with zero attached hydrogens (tertiary/aromatic N) is 1. The van der Waals surface area contributed by atoms with Crippen LogP contribution < -0.4 is 5.43 Å². The van der Waals surface area contributed by atoms with Crippen molar-refractivity contribution in [2.24, 2.45) is 5.10 Å². The summed E-state index contributed by atoms with van der Waals surface area (Å²) in [5.41, 5.74) is 5.83. The third-order valence-electron chi connectivity index (χ3n) is 3.39. The predicted octanol–water partition coefficient (Wildman–Crippen LogP) is 5.33. The zero-order valence-corrected chi connectivity index (χ0v) is 12.4. The molecule has 3 heteroatoms. The highest BCUT2D eigenvalue weighted by atomic mass is 35.5. The van der Waals surface area contributed by atoms with E-state index in [1.807, 2.05) is 43.3 Å². The second kappa shape index (κ2) is 5.98. The molecule has 3 aromatic rings. The van der Waals surface area contributed by atoms with Crippen molar-refractivity contribution in [3.63, 3.8) is 0 Å². The van der Waals surface area contributed by atoms with E-state index in [2.05, 4.69) is 40.9 Å².